The highest BCUT2D eigenvalue weighted by Gasteiger charge is 2.14. The van der Waals surface area contributed by atoms with Crippen molar-refractivity contribution in [3.63, 3.8) is 0 Å². The van der Waals surface area contributed by atoms with Crippen molar-refractivity contribution < 1.29 is 4.79 Å². The number of fused-ring (bicyclic) bond motifs is 1. The minimum Gasteiger partial charge on any atom is -0.337 e. The van der Waals surface area contributed by atoms with E-state index in [0.29, 0.717) is 6.54 Å². The molecule has 0 unspecified atom stereocenters. The highest BCUT2D eigenvalue weighted by atomic mass is 79.9. The zero-order valence-electron chi connectivity index (χ0n) is 12.3. The molecule has 0 saturated carbocycles. The van der Waals surface area contributed by atoms with Crippen LogP contribution in [0.1, 0.15) is 15.9 Å². The molecule has 0 aliphatic rings. The van der Waals surface area contributed by atoms with E-state index >= 15 is 0 Å². The van der Waals surface area contributed by atoms with Crippen LogP contribution in [-0.4, -0.2) is 17.9 Å². The molecule has 3 heteroatoms. The Balaban J connectivity index is 1.87. The summed E-state index contributed by atoms with van der Waals surface area (Å²) in [6.45, 7) is 0.593. The Kier molecular flexibility index (Phi) is 4.25. The van der Waals surface area contributed by atoms with E-state index in [4.69, 9.17) is 0 Å². The van der Waals surface area contributed by atoms with Crippen molar-refractivity contribution >= 4 is 32.6 Å². The molecule has 110 valence electrons. The highest BCUT2D eigenvalue weighted by molar-refractivity contribution is 9.10. The topological polar surface area (TPSA) is 20.3 Å². The van der Waals surface area contributed by atoms with E-state index in [-0.39, 0.29) is 5.91 Å². The first-order chi connectivity index (χ1) is 10.6. The molecule has 0 radical (unpaired) electrons. The van der Waals surface area contributed by atoms with Gasteiger partial charge in [-0.05, 0) is 34.5 Å². The van der Waals surface area contributed by atoms with E-state index in [0.717, 1.165) is 26.4 Å². The van der Waals surface area contributed by atoms with E-state index in [2.05, 4.69) is 15.9 Å². The highest BCUT2D eigenvalue weighted by Crippen LogP contribution is 2.20. The molecule has 0 saturated heterocycles. The Bertz CT molecular complexity index is 806. The lowest BCUT2D eigenvalue weighted by Crippen LogP contribution is -2.26. The first-order valence-corrected chi connectivity index (χ1v) is 7.92. The molecule has 0 N–H and O–H groups in total. The van der Waals surface area contributed by atoms with Crippen molar-refractivity contribution in [2.45, 2.75) is 6.54 Å². The number of hydrogen-bond donors (Lipinski definition) is 0. The van der Waals surface area contributed by atoms with Crippen LogP contribution in [0, 0.1) is 0 Å². The summed E-state index contributed by atoms with van der Waals surface area (Å²) in [5, 5.41) is 2.09. The second kappa shape index (κ2) is 6.32. The molecule has 1 amide bonds. The molecule has 3 aromatic carbocycles. The van der Waals surface area contributed by atoms with Crippen molar-refractivity contribution in [3.05, 3.63) is 82.3 Å². The van der Waals surface area contributed by atoms with Crippen LogP contribution >= 0.6 is 15.9 Å². The predicted molar refractivity (Wildman–Crippen MR) is 93.9 cm³/mol. The molecule has 0 spiro atoms. The van der Waals surface area contributed by atoms with Crippen LogP contribution in [0.4, 0.5) is 0 Å². The molecule has 0 heterocycles. The zero-order chi connectivity index (χ0) is 15.5. The number of amides is 1. The monoisotopic (exact) mass is 353 g/mol. The summed E-state index contributed by atoms with van der Waals surface area (Å²) in [5.41, 5.74) is 1.86. The standard InChI is InChI=1S/C19H16BrNO/c1-21(13-14-9-11-16(20)12-10-14)19(22)18-8-4-6-15-5-2-3-7-17(15)18/h2-12H,13H2,1H3. The largest absolute Gasteiger partial charge is 0.337 e. The van der Waals surface area contributed by atoms with Crippen LogP contribution in [-0.2, 0) is 6.54 Å². The molecular weight excluding hydrogens is 338 g/mol. The third kappa shape index (κ3) is 3.04. The van der Waals surface area contributed by atoms with Gasteiger partial charge in [0.2, 0.25) is 0 Å². The number of nitrogens with zero attached hydrogens (tertiary/aromatic N) is 1. The summed E-state index contributed by atoms with van der Waals surface area (Å²) in [5.74, 6) is 0.0414. The fraction of sp³-hybridized carbons (Fsp3) is 0.105. The Hall–Kier alpha value is -2.13. The van der Waals surface area contributed by atoms with Gasteiger partial charge < -0.3 is 4.90 Å². The first kappa shape index (κ1) is 14.8. The number of hydrogen-bond acceptors (Lipinski definition) is 1. The maximum Gasteiger partial charge on any atom is 0.254 e. The lowest BCUT2D eigenvalue weighted by Gasteiger charge is -2.18. The Labute approximate surface area is 138 Å². The number of benzene rings is 3. The van der Waals surface area contributed by atoms with Crippen LogP contribution < -0.4 is 0 Å². The summed E-state index contributed by atoms with van der Waals surface area (Å²) in [4.78, 5) is 14.5. The molecule has 22 heavy (non-hydrogen) atoms. The Morgan fingerprint density at radius 2 is 1.64 bits per heavy atom. The second-order valence-electron chi connectivity index (χ2n) is 5.31. The Morgan fingerprint density at radius 1 is 0.955 bits per heavy atom. The number of halogens is 1. The van der Waals surface area contributed by atoms with Gasteiger partial charge in [-0.25, -0.2) is 0 Å². The molecule has 3 aromatic rings. The molecule has 0 aromatic heterocycles. The minimum atomic E-state index is 0.0414. The van der Waals surface area contributed by atoms with E-state index in [9.17, 15) is 4.79 Å². The number of carbonyl (C=O) groups excluding carboxylic acids is 1. The van der Waals surface area contributed by atoms with Crippen molar-refractivity contribution in [1.82, 2.24) is 4.90 Å². The lowest BCUT2D eigenvalue weighted by molar-refractivity contribution is 0.0787. The van der Waals surface area contributed by atoms with E-state index < -0.39 is 0 Å². The Morgan fingerprint density at radius 3 is 2.41 bits per heavy atom. The SMILES string of the molecule is CN(Cc1ccc(Br)cc1)C(=O)c1cccc2ccccc12. The van der Waals surface area contributed by atoms with Gasteiger partial charge in [-0.2, -0.15) is 0 Å². The van der Waals surface area contributed by atoms with Crippen LogP contribution in [0.3, 0.4) is 0 Å². The smallest absolute Gasteiger partial charge is 0.254 e. The van der Waals surface area contributed by atoms with Gasteiger partial charge in [-0.15, -0.1) is 0 Å². The average molecular weight is 354 g/mol. The molecule has 2 nitrogen and oxygen atoms in total. The summed E-state index contributed by atoms with van der Waals surface area (Å²) in [6.07, 6.45) is 0. The molecule has 0 atom stereocenters. The first-order valence-electron chi connectivity index (χ1n) is 7.13. The minimum absolute atomic E-state index is 0.0414. The average Bonchev–Trinajstić information content (AvgIpc) is 2.55. The van der Waals surface area contributed by atoms with Gasteiger partial charge in [0.15, 0.2) is 0 Å². The van der Waals surface area contributed by atoms with Gasteiger partial charge in [0.05, 0.1) is 0 Å². The van der Waals surface area contributed by atoms with Crippen LogP contribution in [0.25, 0.3) is 10.8 Å². The summed E-state index contributed by atoms with van der Waals surface area (Å²) >= 11 is 3.42. The number of rotatable bonds is 3. The van der Waals surface area contributed by atoms with Gasteiger partial charge in [-0.1, -0.05) is 64.5 Å². The van der Waals surface area contributed by atoms with Gasteiger partial charge in [0.1, 0.15) is 0 Å². The fourth-order valence-corrected chi connectivity index (χ4v) is 2.82. The van der Waals surface area contributed by atoms with Gasteiger partial charge in [-0.3, -0.25) is 4.79 Å². The summed E-state index contributed by atoms with van der Waals surface area (Å²) < 4.78 is 1.04. The zero-order valence-corrected chi connectivity index (χ0v) is 13.9. The molecular formula is C19H16BrNO. The van der Waals surface area contributed by atoms with Crippen molar-refractivity contribution in [2.75, 3.05) is 7.05 Å². The lowest BCUT2D eigenvalue weighted by atomic mass is 10.0. The van der Waals surface area contributed by atoms with Crippen LogP contribution in [0.5, 0.6) is 0 Å². The third-order valence-corrected chi connectivity index (χ3v) is 4.23. The normalized spacial score (nSPS) is 10.6. The third-order valence-electron chi connectivity index (χ3n) is 3.70. The molecule has 0 bridgehead atoms. The van der Waals surface area contributed by atoms with E-state index in [1.165, 1.54) is 0 Å². The van der Waals surface area contributed by atoms with E-state index in [1.807, 2.05) is 73.8 Å². The maximum atomic E-state index is 12.7. The number of carbonyl (C=O) groups is 1. The van der Waals surface area contributed by atoms with Crippen molar-refractivity contribution in [2.24, 2.45) is 0 Å². The molecule has 0 aliphatic heterocycles. The summed E-state index contributed by atoms with van der Waals surface area (Å²) in [7, 11) is 1.84. The maximum absolute atomic E-state index is 12.7. The molecule has 0 aliphatic carbocycles. The van der Waals surface area contributed by atoms with Gasteiger partial charge in [0.25, 0.3) is 5.91 Å². The summed E-state index contributed by atoms with van der Waals surface area (Å²) in [6, 6.07) is 21.9. The quantitative estimate of drug-likeness (QED) is 0.657. The second-order valence-corrected chi connectivity index (χ2v) is 6.23. The van der Waals surface area contributed by atoms with E-state index in [1.54, 1.807) is 4.90 Å². The fourth-order valence-electron chi connectivity index (χ4n) is 2.55. The van der Waals surface area contributed by atoms with Crippen LogP contribution in [0.2, 0.25) is 0 Å². The predicted octanol–water partition coefficient (Wildman–Crippen LogP) is 4.87. The molecule has 0 fully saturated rings. The van der Waals surface area contributed by atoms with Gasteiger partial charge in [0, 0.05) is 23.6 Å². The van der Waals surface area contributed by atoms with Crippen molar-refractivity contribution in [1.29, 1.82) is 0 Å². The van der Waals surface area contributed by atoms with Crippen molar-refractivity contribution in [3.8, 4) is 0 Å². The van der Waals surface area contributed by atoms with Crippen LogP contribution in [0.15, 0.2) is 71.2 Å². The van der Waals surface area contributed by atoms with Gasteiger partial charge >= 0.3 is 0 Å². The molecule has 3 rings (SSSR count).